The van der Waals surface area contributed by atoms with Crippen molar-refractivity contribution in [2.45, 2.75) is 19.9 Å². The fourth-order valence-electron chi connectivity index (χ4n) is 2.52. The molecule has 0 spiro atoms. The molecule has 0 saturated heterocycles. The Hall–Kier alpha value is -3.00. The quantitative estimate of drug-likeness (QED) is 0.915. The second-order valence-corrected chi connectivity index (χ2v) is 5.45. The molecule has 0 bridgehead atoms. The molecule has 1 amide bonds. The number of nitrogens with zero attached hydrogens (tertiary/aromatic N) is 1. The Morgan fingerprint density at radius 3 is 2.25 bits per heavy atom. The average Bonchev–Trinajstić information content (AvgIpc) is 2.61. The van der Waals surface area contributed by atoms with E-state index in [4.69, 9.17) is 14.7 Å². The number of nitriles is 1. The predicted molar refractivity (Wildman–Crippen MR) is 91.3 cm³/mol. The van der Waals surface area contributed by atoms with Crippen LogP contribution < -0.4 is 14.8 Å². The van der Waals surface area contributed by atoms with Crippen molar-refractivity contribution in [2.75, 3.05) is 14.2 Å². The summed E-state index contributed by atoms with van der Waals surface area (Å²) in [6.45, 7) is 3.87. The number of ether oxygens (including phenoxy) is 2. The largest absolute Gasteiger partial charge is 0.493 e. The van der Waals surface area contributed by atoms with Gasteiger partial charge in [0.15, 0.2) is 11.5 Å². The van der Waals surface area contributed by atoms with Gasteiger partial charge < -0.3 is 14.8 Å². The molecule has 124 valence electrons. The van der Waals surface area contributed by atoms with Gasteiger partial charge in [0, 0.05) is 5.56 Å². The molecule has 0 heterocycles. The molecule has 1 N–H and O–H groups in total. The Labute approximate surface area is 141 Å². The van der Waals surface area contributed by atoms with Crippen LogP contribution in [0.4, 0.5) is 0 Å². The van der Waals surface area contributed by atoms with Gasteiger partial charge in [-0.25, -0.2) is 0 Å². The first-order valence-electron chi connectivity index (χ1n) is 7.53. The van der Waals surface area contributed by atoms with Crippen LogP contribution in [0.5, 0.6) is 11.5 Å². The van der Waals surface area contributed by atoms with Crippen molar-refractivity contribution in [3.63, 3.8) is 0 Å². The van der Waals surface area contributed by atoms with Crippen molar-refractivity contribution in [3.8, 4) is 17.6 Å². The van der Waals surface area contributed by atoms with E-state index in [1.165, 1.54) is 0 Å². The second-order valence-electron chi connectivity index (χ2n) is 5.45. The normalized spacial score (nSPS) is 11.3. The van der Waals surface area contributed by atoms with Crippen LogP contribution in [0, 0.1) is 18.3 Å². The molecular weight excluding hydrogens is 304 g/mol. The molecule has 0 aromatic heterocycles. The Morgan fingerprint density at radius 1 is 1.12 bits per heavy atom. The fraction of sp³-hybridized carbons (Fsp3) is 0.263. The lowest BCUT2D eigenvalue weighted by Crippen LogP contribution is -2.27. The molecule has 5 nitrogen and oxygen atoms in total. The van der Waals surface area contributed by atoms with Crippen LogP contribution in [0.15, 0.2) is 36.4 Å². The molecule has 0 saturated carbocycles. The number of rotatable bonds is 5. The third-order valence-electron chi connectivity index (χ3n) is 3.86. The van der Waals surface area contributed by atoms with Gasteiger partial charge >= 0.3 is 0 Å². The zero-order chi connectivity index (χ0) is 17.7. The highest BCUT2D eigenvalue weighted by Crippen LogP contribution is 2.32. The first-order chi connectivity index (χ1) is 11.5. The number of methoxy groups -OCH3 is 2. The minimum atomic E-state index is -0.201. The van der Waals surface area contributed by atoms with Gasteiger partial charge in [0.1, 0.15) is 0 Å². The number of hydrogen-bond donors (Lipinski definition) is 1. The first kappa shape index (κ1) is 17.4. The number of aryl methyl sites for hydroxylation is 1. The van der Waals surface area contributed by atoms with E-state index in [2.05, 4.69) is 5.32 Å². The smallest absolute Gasteiger partial charge is 0.251 e. The Kier molecular flexibility index (Phi) is 5.43. The summed E-state index contributed by atoms with van der Waals surface area (Å²) in [5, 5.41) is 11.8. The maximum Gasteiger partial charge on any atom is 0.251 e. The summed E-state index contributed by atoms with van der Waals surface area (Å²) in [4.78, 5) is 12.4. The van der Waals surface area contributed by atoms with Crippen molar-refractivity contribution in [3.05, 3.63) is 58.7 Å². The lowest BCUT2D eigenvalue weighted by atomic mass is 10.0. The maximum atomic E-state index is 12.4. The van der Waals surface area contributed by atoms with Crippen molar-refractivity contribution < 1.29 is 14.3 Å². The molecule has 0 aliphatic carbocycles. The third-order valence-corrected chi connectivity index (χ3v) is 3.86. The van der Waals surface area contributed by atoms with E-state index in [1.54, 1.807) is 38.5 Å². The summed E-state index contributed by atoms with van der Waals surface area (Å²) < 4.78 is 10.6. The summed E-state index contributed by atoms with van der Waals surface area (Å²) in [7, 11) is 3.17. The van der Waals surface area contributed by atoms with E-state index >= 15 is 0 Å². The van der Waals surface area contributed by atoms with E-state index in [9.17, 15) is 4.79 Å². The fourth-order valence-corrected chi connectivity index (χ4v) is 2.52. The molecular formula is C19H20N2O3. The number of carbonyl (C=O) groups excluding carboxylic acids is 1. The monoisotopic (exact) mass is 324 g/mol. The van der Waals surface area contributed by atoms with Crippen LogP contribution in [0.25, 0.3) is 0 Å². The van der Waals surface area contributed by atoms with Crippen molar-refractivity contribution in [2.24, 2.45) is 0 Å². The summed E-state index contributed by atoms with van der Waals surface area (Å²) in [5.41, 5.74) is 2.99. The second kappa shape index (κ2) is 7.51. The van der Waals surface area contributed by atoms with E-state index in [0.29, 0.717) is 22.6 Å². The van der Waals surface area contributed by atoms with Gasteiger partial charge in [-0.1, -0.05) is 0 Å². The molecule has 2 rings (SSSR count). The Bertz CT molecular complexity index is 776. The molecule has 24 heavy (non-hydrogen) atoms. The molecule has 0 fully saturated rings. The Morgan fingerprint density at radius 2 is 1.71 bits per heavy atom. The van der Waals surface area contributed by atoms with Crippen LogP contribution >= 0.6 is 0 Å². The predicted octanol–water partition coefficient (Wildman–Crippen LogP) is 3.37. The summed E-state index contributed by atoms with van der Waals surface area (Å²) in [6, 6.07) is 12.1. The van der Waals surface area contributed by atoms with Crippen LogP contribution in [-0.4, -0.2) is 20.1 Å². The highest BCUT2D eigenvalue weighted by Gasteiger charge is 2.16. The lowest BCUT2D eigenvalue weighted by molar-refractivity contribution is 0.0939. The highest BCUT2D eigenvalue weighted by molar-refractivity contribution is 5.94. The minimum absolute atomic E-state index is 0.193. The van der Waals surface area contributed by atoms with Gasteiger partial charge in [-0.15, -0.1) is 0 Å². The minimum Gasteiger partial charge on any atom is -0.493 e. The van der Waals surface area contributed by atoms with Crippen LogP contribution in [0.2, 0.25) is 0 Å². The summed E-state index contributed by atoms with van der Waals surface area (Å²) >= 11 is 0. The maximum absolute atomic E-state index is 12.4. The van der Waals surface area contributed by atoms with Gasteiger partial charge in [-0.3, -0.25) is 4.79 Å². The first-order valence-corrected chi connectivity index (χ1v) is 7.53. The van der Waals surface area contributed by atoms with Crippen molar-refractivity contribution in [1.29, 1.82) is 5.26 Å². The molecule has 0 radical (unpaired) electrons. The van der Waals surface area contributed by atoms with Gasteiger partial charge in [-0.05, 0) is 61.4 Å². The summed E-state index contributed by atoms with van der Waals surface area (Å²) in [6.07, 6.45) is 0. The molecule has 0 aliphatic rings. The van der Waals surface area contributed by atoms with E-state index in [0.717, 1.165) is 11.1 Å². The average molecular weight is 324 g/mol. The lowest BCUT2D eigenvalue weighted by Gasteiger charge is -2.19. The molecule has 2 aromatic carbocycles. The third kappa shape index (κ3) is 3.66. The zero-order valence-corrected chi connectivity index (χ0v) is 14.2. The molecule has 5 heteroatoms. The van der Waals surface area contributed by atoms with Gasteiger partial charge in [0.25, 0.3) is 5.91 Å². The Balaban J connectivity index is 2.21. The standard InChI is InChI=1S/C19H20N2O3/c1-12-9-17(23-3)18(24-4)10-16(12)13(2)21-19(22)15-7-5-14(11-20)6-8-15/h5-10,13H,1-4H3,(H,21,22)/t13-/m1/s1. The van der Waals surface area contributed by atoms with E-state index in [1.807, 2.05) is 32.0 Å². The van der Waals surface area contributed by atoms with Gasteiger partial charge in [-0.2, -0.15) is 5.26 Å². The SMILES string of the molecule is COc1cc(C)c([C@@H](C)NC(=O)c2ccc(C#N)cc2)cc1OC. The van der Waals surface area contributed by atoms with Crippen LogP contribution in [0.1, 0.15) is 40.0 Å². The number of amides is 1. The van der Waals surface area contributed by atoms with E-state index < -0.39 is 0 Å². The number of hydrogen-bond acceptors (Lipinski definition) is 4. The highest BCUT2D eigenvalue weighted by atomic mass is 16.5. The number of nitrogens with one attached hydrogen (secondary N) is 1. The molecule has 0 aliphatic heterocycles. The van der Waals surface area contributed by atoms with Gasteiger partial charge in [0.2, 0.25) is 0 Å². The molecule has 0 unspecified atom stereocenters. The van der Waals surface area contributed by atoms with Crippen molar-refractivity contribution in [1.82, 2.24) is 5.32 Å². The van der Waals surface area contributed by atoms with Crippen LogP contribution in [-0.2, 0) is 0 Å². The van der Waals surface area contributed by atoms with Crippen LogP contribution in [0.3, 0.4) is 0 Å². The zero-order valence-electron chi connectivity index (χ0n) is 14.2. The topological polar surface area (TPSA) is 71.3 Å². The number of benzene rings is 2. The molecule has 1 atom stereocenters. The number of carbonyl (C=O) groups is 1. The summed E-state index contributed by atoms with van der Waals surface area (Å²) in [5.74, 6) is 1.09. The van der Waals surface area contributed by atoms with Gasteiger partial charge in [0.05, 0.1) is 31.9 Å². The molecule has 2 aromatic rings. The van der Waals surface area contributed by atoms with E-state index in [-0.39, 0.29) is 11.9 Å². The van der Waals surface area contributed by atoms with Crippen molar-refractivity contribution >= 4 is 5.91 Å².